The zero-order valence-electron chi connectivity index (χ0n) is 11.5. The molecule has 0 aliphatic carbocycles. The number of nitrogens with zero attached hydrogens (tertiary/aromatic N) is 2. The summed E-state index contributed by atoms with van der Waals surface area (Å²) in [6.07, 6.45) is 1.82. The second kappa shape index (κ2) is 5.21. The standard InChI is InChI=1S/C16H18N2O2/c1-11-9-15(17-14-7-3-2-6-13(11)14)16(20)18-8-4-5-12(18)10-19/h2-3,6-7,9,12,19H,4-5,8,10H2,1H3. The van der Waals surface area contributed by atoms with Gasteiger partial charge in [-0.15, -0.1) is 0 Å². The highest BCUT2D eigenvalue weighted by atomic mass is 16.3. The molecule has 0 radical (unpaired) electrons. The quantitative estimate of drug-likeness (QED) is 0.909. The number of hydrogen-bond donors (Lipinski definition) is 1. The zero-order chi connectivity index (χ0) is 14.1. The molecule has 0 saturated carbocycles. The predicted molar refractivity (Wildman–Crippen MR) is 77.6 cm³/mol. The fourth-order valence-electron chi connectivity index (χ4n) is 2.90. The highest BCUT2D eigenvalue weighted by Crippen LogP contribution is 2.22. The summed E-state index contributed by atoms with van der Waals surface area (Å²) in [5, 5.41) is 10.4. The molecule has 20 heavy (non-hydrogen) atoms. The van der Waals surface area contributed by atoms with E-state index in [1.54, 1.807) is 4.90 Å². The van der Waals surface area contributed by atoms with E-state index in [9.17, 15) is 9.90 Å². The number of carbonyl (C=O) groups excluding carboxylic acids is 1. The molecule has 1 aliphatic rings. The Morgan fingerprint density at radius 3 is 3.05 bits per heavy atom. The number of para-hydroxylation sites is 1. The van der Waals surface area contributed by atoms with E-state index in [0.717, 1.165) is 29.3 Å². The first-order valence-electron chi connectivity index (χ1n) is 6.99. The van der Waals surface area contributed by atoms with Gasteiger partial charge in [0.2, 0.25) is 0 Å². The number of likely N-dealkylation sites (tertiary alicyclic amines) is 1. The van der Waals surface area contributed by atoms with Crippen LogP contribution in [0, 0.1) is 6.92 Å². The first kappa shape index (κ1) is 13.1. The van der Waals surface area contributed by atoms with Crippen molar-refractivity contribution in [1.29, 1.82) is 0 Å². The molecule has 4 nitrogen and oxygen atoms in total. The van der Waals surface area contributed by atoms with Gasteiger partial charge in [0.05, 0.1) is 18.2 Å². The van der Waals surface area contributed by atoms with Gasteiger partial charge < -0.3 is 10.0 Å². The second-order valence-electron chi connectivity index (χ2n) is 5.32. The molecule has 4 heteroatoms. The summed E-state index contributed by atoms with van der Waals surface area (Å²) >= 11 is 0. The lowest BCUT2D eigenvalue weighted by Crippen LogP contribution is -2.38. The lowest BCUT2D eigenvalue weighted by Gasteiger charge is -2.22. The van der Waals surface area contributed by atoms with Gasteiger partial charge in [0.25, 0.3) is 5.91 Å². The van der Waals surface area contributed by atoms with E-state index in [-0.39, 0.29) is 18.6 Å². The van der Waals surface area contributed by atoms with Crippen molar-refractivity contribution in [2.75, 3.05) is 13.2 Å². The molecule has 2 heterocycles. The van der Waals surface area contributed by atoms with Crippen molar-refractivity contribution in [3.05, 3.63) is 41.6 Å². The number of carbonyl (C=O) groups is 1. The molecule has 104 valence electrons. The number of aliphatic hydroxyl groups excluding tert-OH is 1. The van der Waals surface area contributed by atoms with Gasteiger partial charge >= 0.3 is 0 Å². The molecule has 1 fully saturated rings. The molecule has 1 aromatic heterocycles. The van der Waals surface area contributed by atoms with Gasteiger partial charge in [-0.25, -0.2) is 4.98 Å². The molecule has 1 N–H and O–H groups in total. The molecule has 1 amide bonds. The smallest absolute Gasteiger partial charge is 0.272 e. The molecule has 1 atom stereocenters. The Labute approximate surface area is 118 Å². The van der Waals surface area contributed by atoms with Crippen LogP contribution in [0.1, 0.15) is 28.9 Å². The second-order valence-corrected chi connectivity index (χ2v) is 5.32. The lowest BCUT2D eigenvalue weighted by molar-refractivity contribution is 0.0672. The van der Waals surface area contributed by atoms with Crippen molar-refractivity contribution >= 4 is 16.8 Å². The number of aryl methyl sites for hydroxylation is 1. The third-order valence-electron chi connectivity index (χ3n) is 3.99. The van der Waals surface area contributed by atoms with Crippen LogP contribution < -0.4 is 0 Å². The van der Waals surface area contributed by atoms with E-state index in [4.69, 9.17) is 0 Å². The predicted octanol–water partition coefficient (Wildman–Crippen LogP) is 2.14. The maximum atomic E-state index is 12.6. The summed E-state index contributed by atoms with van der Waals surface area (Å²) in [4.78, 5) is 18.8. The van der Waals surface area contributed by atoms with Gasteiger partial charge in [0.15, 0.2) is 0 Å². The van der Waals surface area contributed by atoms with Gasteiger partial charge in [-0.05, 0) is 37.5 Å². The normalized spacial score (nSPS) is 18.7. The number of fused-ring (bicyclic) bond motifs is 1. The van der Waals surface area contributed by atoms with Gasteiger partial charge in [-0.3, -0.25) is 4.79 Å². The molecule has 1 saturated heterocycles. The number of amides is 1. The van der Waals surface area contributed by atoms with Crippen molar-refractivity contribution in [3.8, 4) is 0 Å². The molecule has 2 aromatic rings. The third kappa shape index (κ3) is 2.16. The van der Waals surface area contributed by atoms with Crippen molar-refractivity contribution in [1.82, 2.24) is 9.88 Å². The van der Waals surface area contributed by atoms with Crippen LogP contribution in [0.5, 0.6) is 0 Å². The Morgan fingerprint density at radius 1 is 1.45 bits per heavy atom. The summed E-state index contributed by atoms with van der Waals surface area (Å²) in [7, 11) is 0. The average Bonchev–Trinajstić information content (AvgIpc) is 2.95. The average molecular weight is 270 g/mol. The van der Waals surface area contributed by atoms with Gasteiger partial charge in [-0.2, -0.15) is 0 Å². The molecule has 0 spiro atoms. The van der Waals surface area contributed by atoms with E-state index in [2.05, 4.69) is 4.98 Å². The minimum absolute atomic E-state index is 0.0261. The minimum Gasteiger partial charge on any atom is -0.394 e. The third-order valence-corrected chi connectivity index (χ3v) is 3.99. The molecule has 1 aromatic carbocycles. The summed E-state index contributed by atoms with van der Waals surface area (Å²) < 4.78 is 0. The van der Waals surface area contributed by atoms with Crippen molar-refractivity contribution in [2.24, 2.45) is 0 Å². The van der Waals surface area contributed by atoms with Crippen molar-refractivity contribution in [3.63, 3.8) is 0 Å². The monoisotopic (exact) mass is 270 g/mol. The van der Waals surface area contributed by atoms with Crippen LogP contribution >= 0.6 is 0 Å². The fourth-order valence-corrected chi connectivity index (χ4v) is 2.90. The number of pyridine rings is 1. The number of aromatic nitrogens is 1. The first-order chi connectivity index (χ1) is 9.70. The molecular formula is C16H18N2O2. The number of benzene rings is 1. The summed E-state index contributed by atoms with van der Waals surface area (Å²) in [5.74, 6) is -0.0737. The number of hydrogen-bond acceptors (Lipinski definition) is 3. The van der Waals surface area contributed by atoms with Gasteiger partial charge in [0.1, 0.15) is 5.69 Å². The fraction of sp³-hybridized carbons (Fsp3) is 0.375. The van der Waals surface area contributed by atoms with E-state index in [1.807, 2.05) is 37.3 Å². The van der Waals surface area contributed by atoms with Gasteiger partial charge in [0, 0.05) is 11.9 Å². The van der Waals surface area contributed by atoms with E-state index >= 15 is 0 Å². The van der Waals surface area contributed by atoms with Gasteiger partial charge in [-0.1, -0.05) is 18.2 Å². The Hall–Kier alpha value is -1.94. The number of aliphatic hydroxyl groups is 1. The molecule has 3 rings (SSSR count). The summed E-state index contributed by atoms with van der Waals surface area (Å²) in [6, 6.07) is 9.62. The number of rotatable bonds is 2. The van der Waals surface area contributed by atoms with Crippen LogP contribution in [0.4, 0.5) is 0 Å². The van der Waals surface area contributed by atoms with Crippen LogP contribution in [0.25, 0.3) is 10.9 Å². The largest absolute Gasteiger partial charge is 0.394 e. The lowest BCUT2D eigenvalue weighted by atomic mass is 10.1. The maximum Gasteiger partial charge on any atom is 0.272 e. The van der Waals surface area contributed by atoms with Crippen LogP contribution in [0.2, 0.25) is 0 Å². The van der Waals surface area contributed by atoms with Crippen LogP contribution in [-0.2, 0) is 0 Å². The first-order valence-corrected chi connectivity index (χ1v) is 6.99. The van der Waals surface area contributed by atoms with E-state index in [0.29, 0.717) is 12.2 Å². The summed E-state index contributed by atoms with van der Waals surface area (Å²) in [6.45, 7) is 2.73. The van der Waals surface area contributed by atoms with Crippen LogP contribution in [0.15, 0.2) is 30.3 Å². The Kier molecular flexibility index (Phi) is 3.40. The minimum atomic E-state index is -0.0737. The SMILES string of the molecule is Cc1cc(C(=O)N2CCCC2CO)nc2ccccc12. The van der Waals surface area contributed by atoms with Crippen molar-refractivity contribution < 1.29 is 9.90 Å². The Bertz CT molecular complexity index is 654. The molecule has 1 aliphatic heterocycles. The van der Waals surface area contributed by atoms with E-state index in [1.165, 1.54) is 0 Å². The molecule has 1 unspecified atom stereocenters. The zero-order valence-corrected chi connectivity index (χ0v) is 11.5. The topological polar surface area (TPSA) is 53.4 Å². The van der Waals surface area contributed by atoms with Crippen LogP contribution in [-0.4, -0.2) is 40.1 Å². The van der Waals surface area contributed by atoms with E-state index < -0.39 is 0 Å². The molecule has 0 bridgehead atoms. The highest BCUT2D eigenvalue weighted by Gasteiger charge is 2.29. The summed E-state index contributed by atoms with van der Waals surface area (Å²) in [5.41, 5.74) is 2.37. The van der Waals surface area contributed by atoms with Crippen molar-refractivity contribution in [2.45, 2.75) is 25.8 Å². The highest BCUT2D eigenvalue weighted by molar-refractivity contribution is 5.96. The molecular weight excluding hydrogens is 252 g/mol. The maximum absolute atomic E-state index is 12.6. The Morgan fingerprint density at radius 2 is 2.25 bits per heavy atom. The van der Waals surface area contributed by atoms with Crippen LogP contribution in [0.3, 0.4) is 0 Å². The Balaban J connectivity index is 1.99.